The minimum atomic E-state index is -0.663. The lowest BCUT2D eigenvalue weighted by Crippen LogP contribution is -2.49. The third kappa shape index (κ3) is 5.30. The van der Waals surface area contributed by atoms with Crippen LogP contribution in [-0.2, 0) is 0 Å². The van der Waals surface area contributed by atoms with Crippen LogP contribution in [0.15, 0.2) is 42.6 Å². The Balaban J connectivity index is 1.45. The zero-order chi connectivity index (χ0) is 22.5. The number of piperidine rings is 1. The van der Waals surface area contributed by atoms with Crippen molar-refractivity contribution in [1.29, 1.82) is 0 Å². The first-order chi connectivity index (χ1) is 15.5. The highest BCUT2D eigenvalue weighted by Gasteiger charge is 2.24. The second kappa shape index (κ2) is 9.60. The second-order valence-electron chi connectivity index (χ2n) is 7.50. The summed E-state index contributed by atoms with van der Waals surface area (Å²) in [7, 11) is 0. The predicted molar refractivity (Wildman–Crippen MR) is 125 cm³/mol. The maximum absolute atomic E-state index is 12.4. The van der Waals surface area contributed by atoms with Gasteiger partial charge >= 0.3 is 6.03 Å². The van der Waals surface area contributed by atoms with Crippen LogP contribution < -0.4 is 26.6 Å². The predicted octanol–water partition coefficient (Wildman–Crippen LogP) is 2.87. The summed E-state index contributed by atoms with van der Waals surface area (Å²) < 4.78 is 4.23. The van der Waals surface area contributed by atoms with E-state index in [9.17, 15) is 9.59 Å². The van der Waals surface area contributed by atoms with Crippen LogP contribution in [0.2, 0.25) is 0 Å². The fourth-order valence-corrected chi connectivity index (χ4v) is 4.18. The summed E-state index contributed by atoms with van der Waals surface area (Å²) in [6, 6.07) is 10.9. The van der Waals surface area contributed by atoms with Gasteiger partial charge in [0.15, 0.2) is 11.5 Å². The van der Waals surface area contributed by atoms with E-state index in [1.807, 2.05) is 48.2 Å². The molecule has 1 saturated heterocycles. The maximum atomic E-state index is 12.4. The van der Waals surface area contributed by atoms with Crippen LogP contribution in [0, 0.1) is 6.92 Å². The smallest absolute Gasteiger partial charge is 0.319 e. The van der Waals surface area contributed by atoms with Gasteiger partial charge in [0.2, 0.25) is 0 Å². The highest BCUT2D eigenvalue weighted by atomic mass is 32.1. The molecule has 10 nitrogen and oxygen atoms in total. The molecule has 1 aliphatic rings. The number of nitrogens with zero attached hydrogens (tertiary/aromatic N) is 4. The van der Waals surface area contributed by atoms with Crippen LogP contribution in [0.1, 0.15) is 29.0 Å². The summed E-state index contributed by atoms with van der Waals surface area (Å²) in [5.74, 6) is 0.229. The van der Waals surface area contributed by atoms with Gasteiger partial charge in [-0.25, -0.2) is 14.8 Å². The number of carbonyl (C=O) groups is 2. The zero-order valence-electron chi connectivity index (χ0n) is 17.5. The van der Waals surface area contributed by atoms with Crippen LogP contribution in [0.4, 0.5) is 27.1 Å². The Labute approximate surface area is 189 Å². The lowest BCUT2D eigenvalue weighted by molar-refractivity contribution is 0.0996. The number of nitrogens with two attached hydrogens (primary N) is 1. The third-order valence-corrected chi connectivity index (χ3v) is 5.77. The average Bonchev–Trinajstić information content (AvgIpc) is 3.19. The number of urea groups is 1. The van der Waals surface area contributed by atoms with Crippen molar-refractivity contribution in [2.24, 2.45) is 5.73 Å². The van der Waals surface area contributed by atoms with Crippen molar-refractivity contribution in [1.82, 2.24) is 19.7 Å². The molecular weight excluding hydrogens is 428 g/mol. The number of hydrogen-bond acceptors (Lipinski definition) is 8. The molecule has 3 amide bonds. The van der Waals surface area contributed by atoms with Crippen molar-refractivity contribution in [3.05, 3.63) is 54.0 Å². The summed E-state index contributed by atoms with van der Waals surface area (Å²) in [6.45, 7) is 3.22. The van der Waals surface area contributed by atoms with Gasteiger partial charge in [-0.05, 0) is 49.5 Å². The molecule has 0 saturated carbocycles. The van der Waals surface area contributed by atoms with Crippen LogP contribution in [0.3, 0.4) is 0 Å². The highest BCUT2D eigenvalue weighted by Crippen LogP contribution is 2.25. The quantitative estimate of drug-likeness (QED) is 0.451. The monoisotopic (exact) mass is 452 g/mol. The number of rotatable bonds is 6. The molecule has 4 rings (SSSR count). The number of benzene rings is 1. The molecule has 0 spiro atoms. The number of primary amides is 1. The summed E-state index contributed by atoms with van der Waals surface area (Å²) in [5.41, 5.74) is 7.14. The topological polar surface area (TPSA) is 138 Å². The Hall–Kier alpha value is -3.73. The molecule has 1 fully saturated rings. The normalized spacial score (nSPS) is 15.8. The summed E-state index contributed by atoms with van der Waals surface area (Å²) in [6.07, 6.45) is 3.28. The van der Waals surface area contributed by atoms with E-state index in [1.54, 1.807) is 0 Å². The first-order valence-electron chi connectivity index (χ1n) is 10.2. The fraction of sp³-hybridized carbons (Fsp3) is 0.286. The van der Waals surface area contributed by atoms with E-state index in [2.05, 4.69) is 30.3 Å². The van der Waals surface area contributed by atoms with Crippen molar-refractivity contribution in [2.75, 3.05) is 28.6 Å². The molecule has 3 heterocycles. The minimum Gasteiger partial charge on any atom is -0.364 e. The average molecular weight is 453 g/mol. The molecule has 11 heteroatoms. The Morgan fingerprint density at radius 1 is 1.25 bits per heavy atom. The van der Waals surface area contributed by atoms with Crippen molar-refractivity contribution in [3.8, 4) is 0 Å². The molecule has 2 aromatic heterocycles. The molecule has 1 unspecified atom stereocenters. The number of amides is 3. The molecule has 1 aliphatic heterocycles. The lowest BCUT2D eigenvalue weighted by Gasteiger charge is -2.34. The van der Waals surface area contributed by atoms with E-state index in [-0.39, 0.29) is 23.6 Å². The Morgan fingerprint density at radius 3 is 2.78 bits per heavy atom. The van der Waals surface area contributed by atoms with E-state index >= 15 is 0 Å². The van der Waals surface area contributed by atoms with E-state index in [0.717, 1.165) is 35.8 Å². The summed E-state index contributed by atoms with van der Waals surface area (Å²) in [4.78, 5) is 35.1. The first-order valence-corrected chi connectivity index (χ1v) is 11.0. The Kier molecular flexibility index (Phi) is 6.45. The molecule has 3 aromatic rings. The molecular formula is C21H24N8O2S. The van der Waals surface area contributed by atoms with Crippen molar-refractivity contribution in [2.45, 2.75) is 25.8 Å². The van der Waals surface area contributed by atoms with Gasteiger partial charge in [0.25, 0.3) is 5.91 Å². The number of para-hydroxylation sites is 1. The third-order valence-electron chi connectivity index (χ3n) is 4.97. The van der Waals surface area contributed by atoms with Gasteiger partial charge in [-0.2, -0.15) is 4.37 Å². The van der Waals surface area contributed by atoms with E-state index < -0.39 is 5.91 Å². The number of carbonyl (C=O) groups excluding carboxylic acids is 2. The molecule has 1 aromatic carbocycles. The fourth-order valence-electron chi connectivity index (χ4n) is 3.52. The van der Waals surface area contributed by atoms with Gasteiger partial charge in [0.05, 0.1) is 11.9 Å². The molecule has 0 aliphatic carbocycles. The van der Waals surface area contributed by atoms with Crippen molar-refractivity contribution >= 4 is 45.8 Å². The SMILES string of the molecule is Cc1cc(Nc2nc(N3CCCC(NC(=O)Nc4ccccc4)C3)cnc2C(N)=O)sn1. The molecule has 166 valence electrons. The van der Waals surface area contributed by atoms with Crippen molar-refractivity contribution < 1.29 is 9.59 Å². The van der Waals surface area contributed by atoms with Gasteiger partial charge in [-0.15, -0.1) is 0 Å². The molecule has 5 N–H and O–H groups in total. The first kappa shape index (κ1) is 21.5. The van der Waals surface area contributed by atoms with Crippen LogP contribution in [0.5, 0.6) is 0 Å². The number of hydrogen-bond donors (Lipinski definition) is 4. The Morgan fingerprint density at radius 2 is 2.06 bits per heavy atom. The van der Waals surface area contributed by atoms with Gasteiger partial charge in [0.1, 0.15) is 10.8 Å². The van der Waals surface area contributed by atoms with E-state index in [4.69, 9.17) is 5.73 Å². The van der Waals surface area contributed by atoms with Gasteiger partial charge in [-0.1, -0.05) is 18.2 Å². The van der Waals surface area contributed by atoms with Gasteiger partial charge in [0, 0.05) is 24.8 Å². The summed E-state index contributed by atoms with van der Waals surface area (Å²) in [5, 5.41) is 9.70. The van der Waals surface area contributed by atoms with E-state index in [0.29, 0.717) is 12.4 Å². The number of aryl methyl sites for hydroxylation is 1. The lowest BCUT2D eigenvalue weighted by atomic mass is 10.1. The summed E-state index contributed by atoms with van der Waals surface area (Å²) >= 11 is 1.27. The Bertz CT molecular complexity index is 1100. The largest absolute Gasteiger partial charge is 0.364 e. The zero-order valence-corrected chi connectivity index (χ0v) is 18.4. The van der Waals surface area contributed by atoms with Gasteiger partial charge < -0.3 is 26.6 Å². The van der Waals surface area contributed by atoms with Crippen LogP contribution in [0.25, 0.3) is 0 Å². The number of aromatic nitrogens is 3. The standard InChI is InChI=1S/C21H24N8O2S/c1-13-10-17(32-28-13)27-20-18(19(22)30)23-11-16(26-20)29-9-5-8-15(12-29)25-21(31)24-14-6-3-2-4-7-14/h2-4,6-7,10-11,15H,5,8-9,12H2,1H3,(H2,22,30)(H,26,27)(H2,24,25,31). The number of anilines is 4. The highest BCUT2D eigenvalue weighted by molar-refractivity contribution is 7.10. The molecule has 32 heavy (non-hydrogen) atoms. The van der Waals surface area contributed by atoms with E-state index in [1.165, 1.54) is 17.7 Å². The molecule has 1 atom stereocenters. The minimum absolute atomic E-state index is 0.0503. The van der Waals surface area contributed by atoms with Gasteiger partial charge in [-0.3, -0.25) is 4.79 Å². The van der Waals surface area contributed by atoms with Crippen molar-refractivity contribution in [3.63, 3.8) is 0 Å². The second-order valence-corrected chi connectivity index (χ2v) is 8.30. The number of nitrogens with one attached hydrogen (secondary N) is 3. The molecule has 0 bridgehead atoms. The maximum Gasteiger partial charge on any atom is 0.319 e. The van der Waals surface area contributed by atoms with Crippen LogP contribution in [-0.4, -0.2) is 45.4 Å². The molecule has 0 radical (unpaired) electrons. The van der Waals surface area contributed by atoms with Crippen LogP contribution >= 0.6 is 11.5 Å².